The van der Waals surface area contributed by atoms with E-state index in [0.29, 0.717) is 24.5 Å². The largest absolute Gasteiger partial charge is 0.493 e. The van der Waals surface area contributed by atoms with Crippen LogP contribution in [0.1, 0.15) is 17.4 Å². The summed E-state index contributed by atoms with van der Waals surface area (Å²) in [6, 6.07) is 0. The number of ketones is 1. The summed E-state index contributed by atoms with van der Waals surface area (Å²) in [5.41, 5.74) is 0.542. The third-order valence-electron chi connectivity index (χ3n) is 2.58. The predicted molar refractivity (Wildman–Crippen MR) is 70.2 cm³/mol. The van der Waals surface area contributed by atoms with Crippen molar-refractivity contribution in [2.45, 2.75) is 13.5 Å². The van der Waals surface area contributed by atoms with Crippen molar-refractivity contribution in [3.8, 4) is 5.75 Å². The summed E-state index contributed by atoms with van der Waals surface area (Å²) in [7, 11) is 5.53. The van der Waals surface area contributed by atoms with Gasteiger partial charge < -0.3 is 15.0 Å². The summed E-state index contributed by atoms with van der Waals surface area (Å²) < 4.78 is 6.90. The minimum atomic E-state index is 0.00459. The number of Topliss-reactive ketones (excluding diaryl/α,β-unsaturated/α-hetero) is 1. The number of carbonyl (C=O) groups excluding carboxylic acids is 1. The Kier molecular flexibility index (Phi) is 5.80. The minimum absolute atomic E-state index is 0.00459. The normalized spacial score (nSPS) is 10.9. The highest BCUT2D eigenvalue weighted by Crippen LogP contribution is 2.17. The van der Waals surface area contributed by atoms with Crippen molar-refractivity contribution in [1.29, 1.82) is 0 Å². The molecule has 0 fully saturated rings. The maximum Gasteiger partial charge on any atom is 0.198 e. The van der Waals surface area contributed by atoms with E-state index in [1.54, 1.807) is 18.0 Å². The Morgan fingerprint density at radius 1 is 1.56 bits per heavy atom. The zero-order valence-electron chi connectivity index (χ0n) is 11.6. The second-order valence-electron chi connectivity index (χ2n) is 4.29. The lowest BCUT2D eigenvalue weighted by Gasteiger charge is -2.12. The van der Waals surface area contributed by atoms with E-state index in [1.807, 2.05) is 25.9 Å². The summed E-state index contributed by atoms with van der Waals surface area (Å²) in [6.45, 7) is 4.53. The molecule has 6 nitrogen and oxygen atoms in total. The molecule has 0 atom stereocenters. The van der Waals surface area contributed by atoms with Crippen LogP contribution in [0.4, 0.5) is 0 Å². The third kappa shape index (κ3) is 3.82. The summed E-state index contributed by atoms with van der Waals surface area (Å²) >= 11 is 0. The fourth-order valence-corrected chi connectivity index (χ4v) is 1.59. The van der Waals surface area contributed by atoms with Gasteiger partial charge in [-0.15, -0.1) is 0 Å². The standard InChI is InChI=1S/C12H22N4O2/c1-5-13-8-10(17)12-11(18-4)9-14-16(12)7-6-15(2)3/h9,13H,5-8H2,1-4H3. The second kappa shape index (κ2) is 7.13. The van der Waals surface area contributed by atoms with Gasteiger partial charge >= 0.3 is 0 Å². The Labute approximate surface area is 108 Å². The monoisotopic (exact) mass is 254 g/mol. The molecule has 0 bridgehead atoms. The SMILES string of the molecule is CCNCC(=O)c1c(OC)cnn1CCN(C)C. The van der Waals surface area contributed by atoms with Gasteiger partial charge in [-0.25, -0.2) is 0 Å². The quantitative estimate of drug-likeness (QED) is 0.674. The molecule has 0 amide bonds. The molecule has 1 aromatic rings. The van der Waals surface area contributed by atoms with Gasteiger partial charge in [0.1, 0.15) is 5.69 Å². The van der Waals surface area contributed by atoms with Crippen LogP contribution in [0.2, 0.25) is 0 Å². The molecule has 18 heavy (non-hydrogen) atoms. The van der Waals surface area contributed by atoms with Crippen LogP contribution in [-0.2, 0) is 6.54 Å². The van der Waals surface area contributed by atoms with Crippen LogP contribution in [-0.4, -0.2) is 61.3 Å². The molecule has 6 heteroatoms. The van der Waals surface area contributed by atoms with Crippen molar-refractivity contribution in [2.75, 3.05) is 40.8 Å². The first-order valence-corrected chi connectivity index (χ1v) is 6.08. The highest BCUT2D eigenvalue weighted by atomic mass is 16.5. The third-order valence-corrected chi connectivity index (χ3v) is 2.58. The van der Waals surface area contributed by atoms with Gasteiger partial charge in [0.2, 0.25) is 0 Å². The molecule has 0 aromatic carbocycles. The number of ether oxygens (including phenoxy) is 1. The molecule has 0 aliphatic heterocycles. The van der Waals surface area contributed by atoms with Crippen LogP contribution in [0, 0.1) is 0 Å². The van der Waals surface area contributed by atoms with E-state index in [-0.39, 0.29) is 5.78 Å². The lowest BCUT2D eigenvalue weighted by molar-refractivity contribution is 0.0977. The van der Waals surface area contributed by atoms with E-state index in [9.17, 15) is 4.79 Å². The average molecular weight is 254 g/mol. The summed E-state index contributed by atoms with van der Waals surface area (Å²) in [5, 5.41) is 7.23. The zero-order chi connectivity index (χ0) is 13.5. The first-order chi connectivity index (χ1) is 8.60. The van der Waals surface area contributed by atoms with E-state index in [2.05, 4.69) is 10.4 Å². The number of rotatable bonds is 8. The smallest absolute Gasteiger partial charge is 0.198 e. The van der Waals surface area contributed by atoms with Gasteiger partial charge in [-0.3, -0.25) is 9.48 Å². The van der Waals surface area contributed by atoms with Crippen LogP contribution in [0.15, 0.2) is 6.20 Å². The van der Waals surface area contributed by atoms with Crippen molar-refractivity contribution in [2.24, 2.45) is 0 Å². The Morgan fingerprint density at radius 3 is 2.83 bits per heavy atom. The number of carbonyl (C=O) groups is 1. The maximum absolute atomic E-state index is 12.1. The number of nitrogens with one attached hydrogen (secondary N) is 1. The first kappa shape index (κ1) is 14.7. The Balaban J connectivity index is 2.84. The Hall–Kier alpha value is -1.40. The summed E-state index contributed by atoms with van der Waals surface area (Å²) in [6.07, 6.45) is 1.59. The van der Waals surface area contributed by atoms with Crippen molar-refractivity contribution in [3.05, 3.63) is 11.9 Å². The zero-order valence-corrected chi connectivity index (χ0v) is 11.6. The van der Waals surface area contributed by atoms with Gasteiger partial charge in [0.25, 0.3) is 0 Å². The molecular weight excluding hydrogens is 232 g/mol. The van der Waals surface area contributed by atoms with Gasteiger partial charge in [0.15, 0.2) is 11.5 Å². The predicted octanol–water partition coefficient (Wildman–Crippen LogP) is 0.246. The van der Waals surface area contributed by atoms with Crippen LogP contribution in [0.25, 0.3) is 0 Å². The lowest BCUT2D eigenvalue weighted by atomic mass is 10.2. The van der Waals surface area contributed by atoms with E-state index >= 15 is 0 Å². The molecular formula is C12H22N4O2. The molecule has 1 N–H and O–H groups in total. The van der Waals surface area contributed by atoms with Gasteiger partial charge in [-0.2, -0.15) is 5.10 Å². The van der Waals surface area contributed by atoms with E-state index in [1.165, 1.54) is 0 Å². The molecule has 1 aromatic heterocycles. The Morgan fingerprint density at radius 2 is 2.28 bits per heavy atom. The summed E-state index contributed by atoms with van der Waals surface area (Å²) in [4.78, 5) is 14.1. The van der Waals surface area contributed by atoms with Crippen LogP contribution < -0.4 is 10.1 Å². The topological polar surface area (TPSA) is 59.4 Å². The highest BCUT2D eigenvalue weighted by Gasteiger charge is 2.18. The maximum atomic E-state index is 12.1. The second-order valence-corrected chi connectivity index (χ2v) is 4.29. The minimum Gasteiger partial charge on any atom is -0.493 e. The van der Waals surface area contributed by atoms with Crippen molar-refractivity contribution >= 4 is 5.78 Å². The van der Waals surface area contributed by atoms with Gasteiger partial charge in [-0.05, 0) is 20.6 Å². The molecule has 0 saturated heterocycles. The average Bonchev–Trinajstić information content (AvgIpc) is 2.76. The molecule has 1 rings (SSSR count). The Bertz CT molecular complexity index is 387. The fraction of sp³-hybridized carbons (Fsp3) is 0.667. The molecule has 102 valence electrons. The summed E-state index contributed by atoms with van der Waals surface area (Å²) in [5.74, 6) is 0.543. The molecule has 0 radical (unpaired) electrons. The molecule has 1 heterocycles. The van der Waals surface area contributed by atoms with Gasteiger partial charge in [0, 0.05) is 6.54 Å². The number of nitrogens with zero attached hydrogens (tertiary/aromatic N) is 3. The lowest BCUT2D eigenvalue weighted by Crippen LogP contribution is -2.27. The molecule has 0 unspecified atom stereocenters. The highest BCUT2D eigenvalue weighted by molar-refractivity contribution is 5.98. The number of hydrogen-bond donors (Lipinski definition) is 1. The molecule has 0 saturated carbocycles. The first-order valence-electron chi connectivity index (χ1n) is 6.08. The van der Waals surface area contributed by atoms with Crippen molar-refractivity contribution in [1.82, 2.24) is 20.0 Å². The van der Waals surface area contributed by atoms with E-state index in [0.717, 1.165) is 13.1 Å². The number of aromatic nitrogens is 2. The molecule has 0 spiro atoms. The van der Waals surface area contributed by atoms with Crippen LogP contribution >= 0.6 is 0 Å². The molecule has 0 aliphatic rings. The van der Waals surface area contributed by atoms with Crippen LogP contribution in [0.5, 0.6) is 5.75 Å². The van der Waals surface area contributed by atoms with E-state index < -0.39 is 0 Å². The van der Waals surface area contributed by atoms with Crippen LogP contribution in [0.3, 0.4) is 0 Å². The van der Waals surface area contributed by atoms with E-state index in [4.69, 9.17) is 4.74 Å². The van der Waals surface area contributed by atoms with Gasteiger partial charge in [0.05, 0.1) is 26.4 Å². The number of hydrogen-bond acceptors (Lipinski definition) is 5. The van der Waals surface area contributed by atoms with Gasteiger partial charge in [-0.1, -0.05) is 6.92 Å². The van der Waals surface area contributed by atoms with Crippen molar-refractivity contribution in [3.63, 3.8) is 0 Å². The number of likely N-dealkylation sites (N-methyl/N-ethyl adjacent to an activating group) is 2. The van der Waals surface area contributed by atoms with Crippen molar-refractivity contribution < 1.29 is 9.53 Å². The number of methoxy groups -OCH3 is 1. The fourth-order valence-electron chi connectivity index (χ4n) is 1.59. The molecule has 0 aliphatic carbocycles.